The van der Waals surface area contributed by atoms with Gasteiger partial charge >= 0.3 is 0 Å². The van der Waals surface area contributed by atoms with Crippen molar-refractivity contribution < 1.29 is 4.79 Å². The number of carbonyl (C=O) groups excluding carboxylic acids is 1. The Labute approximate surface area is 140 Å². The number of amides is 1. The second kappa shape index (κ2) is 6.06. The van der Waals surface area contributed by atoms with E-state index in [4.69, 9.17) is 0 Å². The van der Waals surface area contributed by atoms with Crippen molar-refractivity contribution in [1.82, 2.24) is 14.8 Å². The third-order valence-corrected chi connectivity index (χ3v) is 5.68. The number of hydrogen-bond donors (Lipinski definition) is 0. The van der Waals surface area contributed by atoms with E-state index in [9.17, 15) is 4.79 Å². The van der Waals surface area contributed by atoms with Crippen molar-refractivity contribution in [3.63, 3.8) is 0 Å². The van der Waals surface area contributed by atoms with Crippen LogP contribution >= 0.6 is 11.3 Å². The maximum Gasteiger partial charge on any atom is 0.253 e. The van der Waals surface area contributed by atoms with Gasteiger partial charge in [-0.25, -0.2) is 4.98 Å². The molecule has 0 saturated carbocycles. The number of thiazole rings is 1. The topological polar surface area (TPSA) is 36.4 Å². The van der Waals surface area contributed by atoms with Crippen LogP contribution in [0.4, 0.5) is 0 Å². The van der Waals surface area contributed by atoms with Crippen molar-refractivity contribution in [2.45, 2.75) is 25.8 Å². The van der Waals surface area contributed by atoms with Crippen molar-refractivity contribution in [2.24, 2.45) is 0 Å². The molecule has 0 radical (unpaired) electrons. The van der Waals surface area contributed by atoms with Gasteiger partial charge in [0.2, 0.25) is 0 Å². The summed E-state index contributed by atoms with van der Waals surface area (Å²) >= 11 is 1.65. The van der Waals surface area contributed by atoms with Crippen molar-refractivity contribution in [3.8, 4) is 11.3 Å². The summed E-state index contributed by atoms with van der Waals surface area (Å²) in [5.41, 5.74) is 2.85. The number of aromatic nitrogens is 1. The molecule has 1 aromatic heterocycles. The summed E-state index contributed by atoms with van der Waals surface area (Å²) in [7, 11) is 0. The molecule has 120 valence electrons. The largest absolute Gasteiger partial charge is 0.337 e. The minimum atomic E-state index is 0.161. The van der Waals surface area contributed by atoms with Crippen LogP contribution in [-0.2, 0) is 0 Å². The molecule has 3 heterocycles. The summed E-state index contributed by atoms with van der Waals surface area (Å²) in [4.78, 5) is 21.7. The first kappa shape index (κ1) is 14.8. The molecule has 2 aromatic rings. The fraction of sp³-hybridized carbons (Fsp3) is 0.444. The van der Waals surface area contributed by atoms with Crippen LogP contribution in [-0.4, -0.2) is 52.9 Å². The molecule has 0 spiro atoms. The second-order valence-corrected chi connectivity index (χ2v) is 7.47. The summed E-state index contributed by atoms with van der Waals surface area (Å²) < 4.78 is 0. The van der Waals surface area contributed by atoms with E-state index in [0.29, 0.717) is 6.04 Å². The van der Waals surface area contributed by atoms with Gasteiger partial charge in [0.15, 0.2) is 0 Å². The van der Waals surface area contributed by atoms with E-state index in [1.807, 2.05) is 36.1 Å². The van der Waals surface area contributed by atoms with Crippen LogP contribution in [0.5, 0.6) is 0 Å². The maximum atomic E-state index is 12.7. The molecule has 2 fully saturated rings. The zero-order valence-electron chi connectivity index (χ0n) is 13.4. The number of carbonyl (C=O) groups is 1. The first-order chi connectivity index (χ1) is 11.2. The van der Waals surface area contributed by atoms with E-state index in [2.05, 4.69) is 15.3 Å². The maximum absolute atomic E-state index is 12.7. The normalized spacial score (nSPS) is 21.4. The lowest BCUT2D eigenvalue weighted by atomic mass is 10.1. The van der Waals surface area contributed by atoms with Crippen LogP contribution in [0, 0.1) is 6.92 Å². The Kier molecular flexibility index (Phi) is 3.91. The monoisotopic (exact) mass is 327 g/mol. The Balaban J connectivity index is 1.44. The van der Waals surface area contributed by atoms with Crippen LogP contribution in [0.3, 0.4) is 0 Å². The Morgan fingerprint density at radius 1 is 1.22 bits per heavy atom. The van der Waals surface area contributed by atoms with Crippen LogP contribution < -0.4 is 0 Å². The molecule has 0 aliphatic carbocycles. The van der Waals surface area contributed by atoms with E-state index in [-0.39, 0.29) is 5.91 Å². The minimum absolute atomic E-state index is 0.161. The molecule has 1 aromatic carbocycles. The molecule has 1 amide bonds. The smallest absolute Gasteiger partial charge is 0.253 e. The fourth-order valence-electron chi connectivity index (χ4n) is 3.39. The van der Waals surface area contributed by atoms with Gasteiger partial charge in [0, 0.05) is 35.6 Å². The molecule has 2 saturated heterocycles. The number of nitrogens with zero attached hydrogens (tertiary/aromatic N) is 3. The summed E-state index contributed by atoms with van der Waals surface area (Å²) in [6, 6.07) is 8.45. The fourth-order valence-corrected chi connectivity index (χ4v) is 4.01. The molecular weight excluding hydrogens is 306 g/mol. The van der Waals surface area contributed by atoms with Gasteiger partial charge < -0.3 is 4.90 Å². The standard InChI is InChI=1S/C18H21N3OS/c1-13-19-17(12-23-13)14-3-5-15(6-4-14)18(22)21-10-7-16(11-21)20-8-2-9-20/h3-6,12,16H,2,7-11H2,1H3. The van der Waals surface area contributed by atoms with Gasteiger partial charge in [0.1, 0.15) is 0 Å². The van der Waals surface area contributed by atoms with E-state index < -0.39 is 0 Å². The van der Waals surface area contributed by atoms with Crippen LogP contribution in [0.2, 0.25) is 0 Å². The lowest BCUT2D eigenvalue weighted by Crippen LogP contribution is -2.46. The van der Waals surface area contributed by atoms with Crippen molar-refractivity contribution in [1.29, 1.82) is 0 Å². The summed E-state index contributed by atoms with van der Waals surface area (Å²) in [5, 5.41) is 3.12. The van der Waals surface area contributed by atoms with Gasteiger partial charge in [-0.05, 0) is 45.0 Å². The zero-order valence-corrected chi connectivity index (χ0v) is 14.2. The number of likely N-dealkylation sites (tertiary alicyclic amines) is 2. The highest BCUT2D eigenvalue weighted by Crippen LogP contribution is 2.24. The third-order valence-electron chi connectivity index (χ3n) is 4.90. The highest BCUT2D eigenvalue weighted by molar-refractivity contribution is 7.09. The molecule has 2 aliphatic rings. The summed E-state index contributed by atoms with van der Waals surface area (Å²) in [6.07, 6.45) is 2.42. The van der Waals surface area contributed by atoms with Gasteiger partial charge in [0.25, 0.3) is 5.91 Å². The van der Waals surface area contributed by atoms with Gasteiger partial charge in [-0.1, -0.05) is 12.1 Å². The van der Waals surface area contributed by atoms with Gasteiger partial charge in [-0.15, -0.1) is 11.3 Å². The van der Waals surface area contributed by atoms with Gasteiger partial charge in [0.05, 0.1) is 10.7 Å². The Bertz CT molecular complexity index is 705. The molecule has 1 atom stereocenters. The van der Waals surface area contributed by atoms with E-state index in [1.54, 1.807) is 11.3 Å². The van der Waals surface area contributed by atoms with Crippen molar-refractivity contribution in [3.05, 3.63) is 40.2 Å². The number of benzene rings is 1. The molecular formula is C18H21N3OS. The highest BCUT2D eigenvalue weighted by atomic mass is 32.1. The van der Waals surface area contributed by atoms with Gasteiger partial charge in [-0.3, -0.25) is 9.69 Å². The average molecular weight is 327 g/mol. The third kappa shape index (κ3) is 2.91. The molecule has 1 unspecified atom stereocenters. The Morgan fingerprint density at radius 3 is 2.61 bits per heavy atom. The summed E-state index contributed by atoms with van der Waals surface area (Å²) in [5.74, 6) is 0.161. The van der Waals surface area contributed by atoms with Crippen molar-refractivity contribution >= 4 is 17.2 Å². The molecule has 0 bridgehead atoms. The predicted molar refractivity (Wildman–Crippen MR) is 92.8 cm³/mol. The van der Waals surface area contributed by atoms with Crippen LogP contribution in [0.15, 0.2) is 29.6 Å². The Morgan fingerprint density at radius 2 is 2.00 bits per heavy atom. The molecule has 4 nitrogen and oxygen atoms in total. The highest BCUT2D eigenvalue weighted by Gasteiger charge is 2.32. The van der Waals surface area contributed by atoms with E-state index >= 15 is 0 Å². The minimum Gasteiger partial charge on any atom is -0.337 e. The zero-order chi connectivity index (χ0) is 15.8. The SMILES string of the molecule is Cc1nc(-c2ccc(C(=O)N3CCC(N4CCC4)C3)cc2)cs1. The Hall–Kier alpha value is -1.72. The summed E-state index contributed by atoms with van der Waals surface area (Å²) in [6.45, 7) is 6.18. The number of aryl methyl sites for hydroxylation is 1. The quantitative estimate of drug-likeness (QED) is 0.869. The van der Waals surface area contributed by atoms with Crippen molar-refractivity contribution in [2.75, 3.05) is 26.2 Å². The molecule has 23 heavy (non-hydrogen) atoms. The lowest BCUT2D eigenvalue weighted by molar-refractivity contribution is 0.0752. The average Bonchev–Trinajstić information content (AvgIpc) is 3.15. The molecule has 5 heteroatoms. The number of rotatable bonds is 3. The van der Waals surface area contributed by atoms with Crippen LogP contribution in [0.1, 0.15) is 28.2 Å². The number of hydrogen-bond acceptors (Lipinski definition) is 4. The molecule has 0 N–H and O–H groups in total. The van der Waals surface area contributed by atoms with Crippen LogP contribution in [0.25, 0.3) is 11.3 Å². The first-order valence-electron chi connectivity index (χ1n) is 8.26. The second-order valence-electron chi connectivity index (χ2n) is 6.41. The first-order valence-corrected chi connectivity index (χ1v) is 9.14. The lowest BCUT2D eigenvalue weighted by Gasteiger charge is -2.36. The van der Waals surface area contributed by atoms with Gasteiger partial charge in [-0.2, -0.15) is 0 Å². The predicted octanol–water partition coefficient (Wildman–Crippen LogP) is 3.04. The van der Waals surface area contributed by atoms with E-state index in [1.165, 1.54) is 19.5 Å². The van der Waals surface area contributed by atoms with E-state index in [0.717, 1.165) is 41.3 Å². The molecule has 4 rings (SSSR count). The molecule has 2 aliphatic heterocycles.